The number of hydrogen-bond acceptors (Lipinski definition) is 5. The summed E-state index contributed by atoms with van der Waals surface area (Å²) < 4.78 is 6.72. The smallest absolute Gasteiger partial charge is 0.267 e. The highest BCUT2D eigenvalue weighted by atomic mass is 16.5. The van der Waals surface area contributed by atoms with Crippen molar-refractivity contribution in [3.63, 3.8) is 0 Å². The van der Waals surface area contributed by atoms with Gasteiger partial charge < -0.3 is 14.2 Å². The second-order valence-electron chi connectivity index (χ2n) is 5.89. The third-order valence-electron chi connectivity index (χ3n) is 4.23. The van der Waals surface area contributed by atoms with E-state index >= 15 is 0 Å². The summed E-state index contributed by atoms with van der Waals surface area (Å²) in [6.07, 6.45) is 0. The standard InChI is InChI=1S/C19H15N3O3/c1-11-7-9-12(10-8-11)17-20-18(25-21-17)15-16(23)13-5-3-4-6-14(13)22(2)19(15)24/h3-10,23H,1-2H3. The molecule has 0 saturated heterocycles. The van der Waals surface area contributed by atoms with Gasteiger partial charge in [-0.05, 0) is 19.1 Å². The van der Waals surface area contributed by atoms with Gasteiger partial charge in [-0.3, -0.25) is 4.79 Å². The van der Waals surface area contributed by atoms with Crippen molar-refractivity contribution < 1.29 is 9.63 Å². The number of pyridine rings is 1. The molecular weight excluding hydrogens is 318 g/mol. The van der Waals surface area contributed by atoms with Gasteiger partial charge in [-0.1, -0.05) is 47.1 Å². The van der Waals surface area contributed by atoms with Gasteiger partial charge in [0.05, 0.1) is 5.52 Å². The summed E-state index contributed by atoms with van der Waals surface area (Å²) in [7, 11) is 1.64. The van der Waals surface area contributed by atoms with E-state index < -0.39 is 5.56 Å². The second-order valence-corrected chi connectivity index (χ2v) is 5.89. The first kappa shape index (κ1) is 15.1. The van der Waals surface area contributed by atoms with E-state index in [0.717, 1.165) is 11.1 Å². The lowest BCUT2D eigenvalue weighted by atomic mass is 10.1. The zero-order valence-electron chi connectivity index (χ0n) is 13.7. The highest BCUT2D eigenvalue weighted by molar-refractivity contribution is 5.90. The van der Waals surface area contributed by atoms with Crippen LogP contribution in [0.15, 0.2) is 57.8 Å². The first-order valence-electron chi connectivity index (χ1n) is 7.78. The normalized spacial score (nSPS) is 11.1. The number of aromatic hydroxyl groups is 1. The van der Waals surface area contributed by atoms with E-state index in [-0.39, 0.29) is 17.2 Å². The van der Waals surface area contributed by atoms with Gasteiger partial charge in [0.1, 0.15) is 11.3 Å². The lowest BCUT2D eigenvalue weighted by molar-refractivity contribution is 0.425. The molecule has 0 radical (unpaired) electrons. The first-order chi connectivity index (χ1) is 12.1. The predicted octanol–water partition coefficient (Wildman–Crippen LogP) is 3.27. The Morgan fingerprint density at radius 2 is 1.80 bits per heavy atom. The largest absolute Gasteiger partial charge is 0.506 e. The molecule has 0 amide bonds. The molecule has 0 saturated carbocycles. The van der Waals surface area contributed by atoms with Gasteiger partial charge >= 0.3 is 0 Å². The van der Waals surface area contributed by atoms with Crippen LogP contribution in [0.2, 0.25) is 0 Å². The lowest BCUT2D eigenvalue weighted by Gasteiger charge is -2.09. The van der Waals surface area contributed by atoms with Crippen molar-refractivity contribution in [3.8, 4) is 28.6 Å². The van der Waals surface area contributed by atoms with Gasteiger partial charge in [0, 0.05) is 18.0 Å². The fourth-order valence-electron chi connectivity index (χ4n) is 2.82. The topological polar surface area (TPSA) is 81.2 Å². The first-order valence-corrected chi connectivity index (χ1v) is 7.78. The van der Waals surface area contributed by atoms with E-state index in [2.05, 4.69) is 10.1 Å². The summed E-state index contributed by atoms with van der Waals surface area (Å²) in [5.74, 6) is 0.210. The number of benzene rings is 2. The highest BCUT2D eigenvalue weighted by Crippen LogP contribution is 2.32. The molecule has 0 aliphatic heterocycles. The molecule has 0 aliphatic carbocycles. The molecule has 1 N–H and O–H groups in total. The molecule has 2 aromatic carbocycles. The van der Waals surface area contributed by atoms with Crippen LogP contribution in [-0.2, 0) is 7.05 Å². The van der Waals surface area contributed by atoms with Gasteiger partial charge in [0.2, 0.25) is 5.82 Å². The summed E-state index contributed by atoms with van der Waals surface area (Å²) in [5.41, 5.74) is 2.14. The highest BCUT2D eigenvalue weighted by Gasteiger charge is 2.21. The van der Waals surface area contributed by atoms with E-state index in [1.54, 1.807) is 25.2 Å². The SMILES string of the molecule is Cc1ccc(-c2noc(-c3c(O)c4ccccc4n(C)c3=O)n2)cc1. The van der Waals surface area contributed by atoms with E-state index in [9.17, 15) is 9.90 Å². The minimum Gasteiger partial charge on any atom is -0.506 e. The van der Waals surface area contributed by atoms with Crippen molar-refractivity contribution in [2.24, 2.45) is 7.05 Å². The number of rotatable bonds is 2. The molecule has 124 valence electrons. The van der Waals surface area contributed by atoms with Crippen LogP contribution in [0.4, 0.5) is 0 Å². The molecule has 0 bridgehead atoms. The van der Waals surface area contributed by atoms with Crippen molar-refractivity contribution >= 4 is 10.9 Å². The van der Waals surface area contributed by atoms with E-state index in [1.165, 1.54) is 4.57 Å². The maximum atomic E-state index is 12.7. The Morgan fingerprint density at radius 3 is 2.56 bits per heavy atom. The Morgan fingerprint density at radius 1 is 1.08 bits per heavy atom. The minimum atomic E-state index is -0.393. The summed E-state index contributed by atoms with van der Waals surface area (Å²) in [4.78, 5) is 17.0. The summed E-state index contributed by atoms with van der Waals surface area (Å²) in [5, 5.41) is 15.1. The number of fused-ring (bicyclic) bond motifs is 1. The average molecular weight is 333 g/mol. The van der Waals surface area contributed by atoms with Gasteiger partial charge in [-0.25, -0.2) is 0 Å². The molecule has 0 aliphatic rings. The van der Waals surface area contributed by atoms with Crippen LogP contribution in [0.25, 0.3) is 33.7 Å². The van der Waals surface area contributed by atoms with Crippen LogP contribution in [0.1, 0.15) is 5.56 Å². The molecule has 4 rings (SSSR count). The zero-order chi connectivity index (χ0) is 17.6. The molecule has 25 heavy (non-hydrogen) atoms. The number of para-hydroxylation sites is 1. The molecule has 2 aromatic heterocycles. The quantitative estimate of drug-likeness (QED) is 0.609. The molecule has 4 aromatic rings. The Labute approximate surface area is 143 Å². The average Bonchev–Trinajstić information content (AvgIpc) is 3.10. The fraction of sp³-hybridized carbons (Fsp3) is 0.105. The summed E-state index contributed by atoms with van der Waals surface area (Å²) >= 11 is 0. The van der Waals surface area contributed by atoms with Crippen LogP contribution >= 0.6 is 0 Å². The predicted molar refractivity (Wildman–Crippen MR) is 94.3 cm³/mol. The zero-order valence-corrected chi connectivity index (χ0v) is 13.7. The third kappa shape index (κ3) is 2.39. The van der Waals surface area contributed by atoms with Gasteiger partial charge in [-0.15, -0.1) is 0 Å². The van der Waals surface area contributed by atoms with Crippen molar-refractivity contribution in [2.75, 3.05) is 0 Å². The maximum Gasteiger partial charge on any atom is 0.267 e. The number of aryl methyl sites for hydroxylation is 2. The third-order valence-corrected chi connectivity index (χ3v) is 4.23. The number of hydrogen-bond donors (Lipinski definition) is 1. The maximum absolute atomic E-state index is 12.7. The minimum absolute atomic E-state index is 0.000530. The van der Waals surface area contributed by atoms with Crippen molar-refractivity contribution in [1.29, 1.82) is 0 Å². The van der Waals surface area contributed by atoms with E-state index in [0.29, 0.717) is 16.7 Å². The van der Waals surface area contributed by atoms with Gasteiger partial charge in [0.25, 0.3) is 11.4 Å². The molecule has 0 atom stereocenters. The van der Waals surface area contributed by atoms with Crippen molar-refractivity contribution in [2.45, 2.75) is 6.92 Å². The molecule has 0 fully saturated rings. The van der Waals surface area contributed by atoms with Crippen molar-refractivity contribution in [3.05, 3.63) is 64.4 Å². The van der Waals surface area contributed by atoms with Crippen molar-refractivity contribution in [1.82, 2.24) is 14.7 Å². The van der Waals surface area contributed by atoms with Crippen LogP contribution in [0.5, 0.6) is 5.75 Å². The molecule has 0 spiro atoms. The summed E-state index contributed by atoms with van der Waals surface area (Å²) in [6.45, 7) is 1.99. The van der Waals surface area contributed by atoms with E-state index in [1.807, 2.05) is 37.3 Å². The Bertz CT molecular complexity index is 1140. The number of aromatic nitrogens is 3. The number of nitrogens with zero attached hydrogens (tertiary/aromatic N) is 3. The van der Waals surface area contributed by atoms with Gasteiger partial charge in [0.15, 0.2) is 0 Å². The fourth-order valence-corrected chi connectivity index (χ4v) is 2.82. The lowest BCUT2D eigenvalue weighted by Crippen LogP contribution is -2.19. The molecular formula is C19H15N3O3. The molecule has 6 heteroatoms. The second kappa shape index (κ2) is 5.59. The Balaban J connectivity index is 1.91. The van der Waals surface area contributed by atoms with Crippen LogP contribution in [-0.4, -0.2) is 19.8 Å². The van der Waals surface area contributed by atoms with Crippen LogP contribution in [0, 0.1) is 6.92 Å². The molecule has 2 heterocycles. The monoisotopic (exact) mass is 333 g/mol. The van der Waals surface area contributed by atoms with Crippen LogP contribution in [0.3, 0.4) is 0 Å². The Kier molecular flexibility index (Phi) is 3.39. The Hall–Kier alpha value is -3.41. The molecule has 6 nitrogen and oxygen atoms in total. The van der Waals surface area contributed by atoms with E-state index in [4.69, 9.17) is 4.52 Å². The molecule has 0 unspecified atom stereocenters. The summed E-state index contributed by atoms with van der Waals surface area (Å²) in [6, 6.07) is 14.8. The van der Waals surface area contributed by atoms with Gasteiger partial charge in [-0.2, -0.15) is 4.98 Å². The van der Waals surface area contributed by atoms with Crippen LogP contribution < -0.4 is 5.56 Å².